The van der Waals surface area contributed by atoms with Gasteiger partial charge in [0, 0.05) is 33.6 Å². The third-order valence-electron chi connectivity index (χ3n) is 0. The Hall–Kier alpha value is 1.72. The molecule has 0 spiro atoms. The molecule has 0 aromatic heterocycles. The van der Waals surface area contributed by atoms with Crippen molar-refractivity contribution in [1.82, 2.24) is 0 Å². The van der Waals surface area contributed by atoms with Gasteiger partial charge in [0.05, 0.1) is 0 Å². The Labute approximate surface area is 80.7 Å². The molecule has 0 saturated heterocycles. The zero-order valence-corrected chi connectivity index (χ0v) is 6.95. The van der Waals surface area contributed by atoms with Gasteiger partial charge in [-0.25, -0.2) is 4.57 Å². The van der Waals surface area contributed by atoms with Crippen molar-refractivity contribution in [3.05, 3.63) is 0 Å². The van der Waals surface area contributed by atoms with Crippen molar-refractivity contribution >= 4 is 7.82 Å². The molecule has 8 heavy (non-hydrogen) atoms. The minimum absolute atomic E-state index is 0. The third kappa shape index (κ3) is 118. The van der Waals surface area contributed by atoms with E-state index in [4.69, 9.17) is 19.2 Å². The van der Waals surface area contributed by atoms with Crippen molar-refractivity contribution in [2.75, 3.05) is 0 Å². The van der Waals surface area contributed by atoms with Gasteiger partial charge in [0.25, 0.3) is 0 Å². The first kappa shape index (κ1) is 22.6. The van der Waals surface area contributed by atoms with Crippen molar-refractivity contribution in [3.63, 3.8) is 0 Å². The average Bonchev–Trinajstić information content (AvgIpc) is 0.722. The molecule has 0 bridgehead atoms. The summed E-state index contributed by atoms with van der Waals surface area (Å²) in [6.45, 7) is 0. The van der Waals surface area contributed by atoms with Crippen LogP contribution in [0.5, 0.6) is 0 Å². The molecule has 0 heterocycles. The Balaban J connectivity index is -0.0000000133. The van der Waals surface area contributed by atoms with Gasteiger partial charge in [0.2, 0.25) is 0 Å². The smallest absolute Gasteiger partial charge is 1.00 e. The van der Waals surface area contributed by atoms with Crippen LogP contribution in [0.3, 0.4) is 0 Å². The summed E-state index contributed by atoms with van der Waals surface area (Å²) in [6, 6.07) is 0. The van der Waals surface area contributed by atoms with Crippen LogP contribution in [0.4, 0.5) is 0 Å². The van der Waals surface area contributed by atoms with Crippen LogP contribution >= 0.6 is 7.82 Å². The zero-order valence-electron chi connectivity index (χ0n) is 4.89. The van der Waals surface area contributed by atoms with Gasteiger partial charge in [-0.1, -0.05) is 0 Å². The molecule has 0 atom stereocenters. The topological polar surface area (TPSA) is 77.8 Å². The second-order valence-electron chi connectivity index (χ2n) is 0.513. The summed E-state index contributed by atoms with van der Waals surface area (Å²) in [5.74, 6) is 0. The van der Waals surface area contributed by atoms with Crippen LogP contribution in [-0.4, -0.2) is 14.7 Å². The quantitative estimate of drug-likeness (QED) is 0.288. The Morgan fingerprint density at radius 3 is 1.25 bits per heavy atom. The van der Waals surface area contributed by atoms with E-state index in [0.29, 0.717) is 0 Å². The van der Waals surface area contributed by atoms with Crippen molar-refractivity contribution in [2.45, 2.75) is 0 Å². The van der Waals surface area contributed by atoms with Crippen LogP contribution in [0.25, 0.3) is 0 Å². The van der Waals surface area contributed by atoms with Crippen LogP contribution in [0.1, 0.15) is 1.43 Å². The summed E-state index contributed by atoms with van der Waals surface area (Å²) in [5, 5.41) is 0. The van der Waals surface area contributed by atoms with E-state index >= 15 is 0 Å². The van der Waals surface area contributed by atoms with E-state index in [0.717, 1.165) is 0 Å². The van der Waals surface area contributed by atoms with E-state index in [9.17, 15) is 0 Å². The molecule has 0 aliphatic rings. The van der Waals surface area contributed by atoms with Crippen LogP contribution in [0, 0.1) is 0 Å². The fourth-order valence-electron chi connectivity index (χ4n) is 0. The number of rotatable bonds is 0. The molecule has 51 valence electrons. The normalized spacial score (nSPS) is 7.38. The molecule has 8 heteroatoms. The van der Waals surface area contributed by atoms with Gasteiger partial charge in [-0.2, -0.15) is 0 Å². The molecule has 0 aromatic rings. The summed E-state index contributed by atoms with van der Waals surface area (Å²) in [5.41, 5.74) is 0. The van der Waals surface area contributed by atoms with Crippen molar-refractivity contribution < 1.29 is 73.1 Å². The minimum Gasteiger partial charge on any atom is -1.00 e. The number of phosphoric acid groups is 1. The maximum Gasteiger partial charge on any atom is 1.00 e. The van der Waals surface area contributed by atoms with E-state index in [1.807, 2.05) is 0 Å². The second kappa shape index (κ2) is 8.72. The first-order chi connectivity index (χ1) is 2.00. The fourth-order valence-corrected chi connectivity index (χ4v) is 0. The van der Waals surface area contributed by atoms with Crippen LogP contribution in [0.2, 0.25) is 0 Å². The SMILES string of the molecule is O=P(O)(O)O.[H-].[Li+].[Mn].[Ni]. The molecule has 0 amide bonds. The summed E-state index contributed by atoms with van der Waals surface area (Å²) in [7, 11) is -4.64. The van der Waals surface area contributed by atoms with E-state index in [1.54, 1.807) is 0 Å². The average molecular weight is 220 g/mol. The Morgan fingerprint density at radius 2 is 1.25 bits per heavy atom. The first-order valence-electron chi connectivity index (χ1n) is 0.783. The monoisotopic (exact) mass is 219 g/mol. The first-order valence-corrected chi connectivity index (χ1v) is 2.35. The molecule has 1 radical (unpaired) electrons. The predicted octanol–water partition coefficient (Wildman–Crippen LogP) is -3.82. The summed E-state index contributed by atoms with van der Waals surface area (Å²) < 4.78 is 8.88. The van der Waals surface area contributed by atoms with Gasteiger partial charge in [-0.3, -0.25) is 0 Å². The summed E-state index contributed by atoms with van der Waals surface area (Å²) in [4.78, 5) is 21.6. The minimum atomic E-state index is -4.64. The van der Waals surface area contributed by atoms with Gasteiger partial charge in [-0.15, -0.1) is 0 Å². The van der Waals surface area contributed by atoms with Crippen LogP contribution in [0.15, 0.2) is 0 Å². The summed E-state index contributed by atoms with van der Waals surface area (Å²) >= 11 is 0. The molecule has 0 aliphatic carbocycles. The van der Waals surface area contributed by atoms with Crippen molar-refractivity contribution in [2.24, 2.45) is 0 Å². The molecule has 0 saturated carbocycles. The van der Waals surface area contributed by atoms with Crippen molar-refractivity contribution in [1.29, 1.82) is 0 Å². The van der Waals surface area contributed by atoms with Gasteiger partial charge in [-0.05, 0) is 0 Å². The zero-order chi connectivity index (χ0) is 4.50. The van der Waals surface area contributed by atoms with E-state index < -0.39 is 7.82 Å². The maximum atomic E-state index is 8.88. The van der Waals surface area contributed by atoms with Crippen molar-refractivity contribution in [3.8, 4) is 0 Å². The van der Waals surface area contributed by atoms with Gasteiger partial charge < -0.3 is 16.1 Å². The molecule has 0 rings (SSSR count). The molecular formula is H4LiMnNiO4P. The molecule has 0 aliphatic heterocycles. The number of hydrogen-bond acceptors (Lipinski definition) is 1. The van der Waals surface area contributed by atoms with Crippen LogP contribution < -0.4 is 18.9 Å². The van der Waals surface area contributed by atoms with E-state index in [-0.39, 0.29) is 53.8 Å². The molecule has 0 fully saturated rings. The van der Waals surface area contributed by atoms with Crippen LogP contribution in [-0.2, 0) is 38.1 Å². The molecular weight excluding hydrogens is 216 g/mol. The maximum absolute atomic E-state index is 8.88. The van der Waals surface area contributed by atoms with Gasteiger partial charge in [0.15, 0.2) is 0 Å². The standard InChI is InChI=1S/Li.Mn.Ni.H3O4P.H/c;;;1-5(2,3)4;/h;;;(H3,1,2,3,4);/q+1;;;;-1. The Bertz CT molecular complexity index is 66.7. The molecule has 4 nitrogen and oxygen atoms in total. The number of hydrogen-bond donors (Lipinski definition) is 3. The molecule has 3 N–H and O–H groups in total. The summed E-state index contributed by atoms with van der Waals surface area (Å²) in [6.07, 6.45) is 0. The second-order valence-corrected chi connectivity index (χ2v) is 1.54. The largest absolute Gasteiger partial charge is 1.00 e. The van der Waals surface area contributed by atoms with E-state index in [1.165, 1.54) is 0 Å². The fraction of sp³-hybridized carbons (Fsp3) is 0. The predicted molar refractivity (Wildman–Crippen MR) is 15.4 cm³/mol. The van der Waals surface area contributed by atoms with Gasteiger partial charge in [0.1, 0.15) is 0 Å². The third-order valence-corrected chi connectivity index (χ3v) is 0. The Kier molecular flexibility index (Phi) is 24.6. The Morgan fingerprint density at radius 1 is 1.25 bits per heavy atom. The molecule has 0 unspecified atom stereocenters. The van der Waals surface area contributed by atoms with E-state index in [2.05, 4.69) is 0 Å². The molecule has 0 aromatic carbocycles. The van der Waals surface area contributed by atoms with Gasteiger partial charge >= 0.3 is 26.7 Å².